The Labute approximate surface area is 175 Å². The quantitative estimate of drug-likeness (QED) is 0.703. The van der Waals surface area contributed by atoms with E-state index in [0.717, 1.165) is 22.4 Å². The minimum absolute atomic E-state index is 0.0527. The van der Waals surface area contributed by atoms with Crippen LogP contribution in [0.25, 0.3) is 11.0 Å². The number of hydrogen-bond acceptors (Lipinski definition) is 5. The van der Waals surface area contributed by atoms with Crippen molar-refractivity contribution in [3.8, 4) is 5.75 Å². The van der Waals surface area contributed by atoms with E-state index in [1.54, 1.807) is 12.0 Å². The molecule has 4 rings (SSSR count). The van der Waals surface area contributed by atoms with E-state index in [9.17, 15) is 9.59 Å². The van der Waals surface area contributed by atoms with Gasteiger partial charge in [-0.25, -0.2) is 0 Å². The van der Waals surface area contributed by atoms with Crippen molar-refractivity contribution in [2.45, 2.75) is 6.92 Å². The van der Waals surface area contributed by atoms with Gasteiger partial charge in [-0.2, -0.15) is 0 Å². The lowest BCUT2D eigenvalue weighted by Gasteiger charge is -2.33. The molecule has 156 valence electrons. The predicted octanol–water partition coefficient (Wildman–Crippen LogP) is 3.15. The molecule has 2 heterocycles. The molecule has 0 radical (unpaired) electrons. The first kappa shape index (κ1) is 20.0. The van der Waals surface area contributed by atoms with Gasteiger partial charge in [0.05, 0.1) is 13.7 Å². The second kappa shape index (κ2) is 8.59. The van der Waals surface area contributed by atoms with E-state index in [0.29, 0.717) is 44.1 Å². The lowest BCUT2D eigenvalue weighted by atomic mass is 10.1. The maximum atomic E-state index is 13.0. The number of benzene rings is 2. The van der Waals surface area contributed by atoms with Crippen molar-refractivity contribution in [1.29, 1.82) is 0 Å². The van der Waals surface area contributed by atoms with Crippen LogP contribution >= 0.6 is 0 Å². The minimum atomic E-state index is -0.115. The molecule has 0 unspecified atom stereocenters. The molecule has 1 fully saturated rings. The molecular formula is C23H25N3O4. The van der Waals surface area contributed by atoms with Gasteiger partial charge >= 0.3 is 0 Å². The van der Waals surface area contributed by atoms with Crippen molar-refractivity contribution < 1.29 is 18.7 Å². The number of fused-ring (bicyclic) bond motifs is 1. The van der Waals surface area contributed by atoms with Crippen LogP contribution in [-0.2, 0) is 4.79 Å². The summed E-state index contributed by atoms with van der Waals surface area (Å²) in [6.45, 7) is 4.58. The average Bonchev–Trinajstić information content (AvgIpc) is 3.10. The van der Waals surface area contributed by atoms with Crippen molar-refractivity contribution in [2.24, 2.45) is 0 Å². The Balaban J connectivity index is 1.36. The van der Waals surface area contributed by atoms with E-state index in [-0.39, 0.29) is 11.8 Å². The van der Waals surface area contributed by atoms with Crippen LogP contribution in [-0.4, -0.2) is 61.4 Å². The molecule has 1 saturated heterocycles. The Morgan fingerprint density at radius 3 is 2.50 bits per heavy atom. The molecule has 30 heavy (non-hydrogen) atoms. The third kappa shape index (κ3) is 4.16. The van der Waals surface area contributed by atoms with Crippen molar-refractivity contribution >= 4 is 28.5 Å². The number of hydrogen-bond donors (Lipinski definition) is 1. The first-order valence-electron chi connectivity index (χ1n) is 9.99. The Hall–Kier alpha value is -3.32. The Morgan fingerprint density at radius 1 is 1.07 bits per heavy atom. The summed E-state index contributed by atoms with van der Waals surface area (Å²) in [5.74, 6) is 0.931. The number of rotatable bonds is 5. The van der Waals surface area contributed by atoms with Crippen molar-refractivity contribution in [3.05, 3.63) is 59.9 Å². The number of carbonyl (C=O) groups excluding carboxylic acids is 2. The molecule has 2 aromatic carbocycles. The van der Waals surface area contributed by atoms with E-state index in [2.05, 4.69) is 10.2 Å². The number of nitrogens with one attached hydrogen (secondary N) is 1. The fourth-order valence-electron chi connectivity index (χ4n) is 3.71. The van der Waals surface area contributed by atoms with Crippen LogP contribution in [0.5, 0.6) is 5.75 Å². The second-order valence-corrected chi connectivity index (χ2v) is 7.40. The third-order valence-corrected chi connectivity index (χ3v) is 5.42. The monoisotopic (exact) mass is 407 g/mol. The summed E-state index contributed by atoms with van der Waals surface area (Å²) < 4.78 is 11.1. The summed E-state index contributed by atoms with van der Waals surface area (Å²) in [4.78, 5) is 29.1. The zero-order valence-electron chi connectivity index (χ0n) is 17.2. The van der Waals surface area contributed by atoms with Gasteiger partial charge in [-0.1, -0.05) is 18.2 Å². The van der Waals surface area contributed by atoms with E-state index in [4.69, 9.17) is 9.15 Å². The number of amides is 2. The summed E-state index contributed by atoms with van der Waals surface area (Å²) >= 11 is 0. The van der Waals surface area contributed by atoms with E-state index in [1.807, 2.05) is 55.5 Å². The lowest BCUT2D eigenvalue weighted by molar-refractivity contribution is -0.117. The first-order valence-corrected chi connectivity index (χ1v) is 9.99. The summed E-state index contributed by atoms with van der Waals surface area (Å²) in [7, 11) is 1.61. The van der Waals surface area contributed by atoms with Gasteiger partial charge in [-0.15, -0.1) is 0 Å². The number of piperazine rings is 1. The van der Waals surface area contributed by atoms with Gasteiger partial charge in [0, 0.05) is 42.8 Å². The van der Waals surface area contributed by atoms with Crippen molar-refractivity contribution in [3.63, 3.8) is 0 Å². The molecule has 7 nitrogen and oxygen atoms in total. The summed E-state index contributed by atoms with van der Waals surface area (Å²) in [5.41, 5.74) is 2.28. The molecule has 0 spiro atoms. The number of furan rings is 1. The largest absolute Gasteiger partial charge is 0.497 e. The second-order valence-electron chi connectivity index (χ2n) is 7.40. The maximum absolute atomic E-state index is 13.0. The summed E-state index contributed by atoms with van der Waals surface area (Å²) in [6, 6.07) is 14.9. The van der Waals surface area contributed by atoms with E-state index in [1.165, 1.54) is 0 Å². The summed E-state index contributed by atoms with van der Waals surface area (Å²) in [6.07, 6.45) is 0. The standard InChI is InChI=1S/C23H25N3O4/c1-16-19-14-18(29-2)8-9-20(19)30-22(16)23(28)26-12-10-25(11-13-26)15-21(27)24-17-6-4-3-5-7-17/h3-9,14H,10-13,15H2,1-2H3,(H,24,27). The predicted molar refractivity (Wildman–Crippen MR) is 115 cm³/mol. The zero-order chi connectivity index (χ0) is 21.1. The van der Waals surface area contributed by atoms with Crippen LogP contribution in [0.3, 0.4) is 0 Å². The Morgan fingerprint density at radius 2 is 1.80 bits per heavy atom. The van der Waals surface area contributed by atoms with Gasteiger partial charge in [0.2, 0.25) is 5.91 Å². The lowest BCUT2D eigenvalue weighted by Crippen LogP contribution is -2.50. The maximum Gasteiger partial charge on any atom is 0.289 e. The molecule has 0 aliphatic carbocycles. The van der Waals surface area contributed by atoms with Gasteiger partial charge in [0.25, 0.3) is 5.91 Å². The van der Waals surface area contributed by atoms with Gasteiger partial charge in [0.15, 0.2) is 5.76 Å². The number of anilines is 1. The molecule has 0 saturated carbocycles. The molecule has 1 aromatic heterocycles. The fraction of sp³-hybridized carbons (Fsp3) is 0.304. The van der Waals surface area contributed by atoms with Gasteiger partial charge in [-0.05, 0) is 37.3 Å². The van der Waals surface area contributed by atoms with Gasteiger partial charge in [0.1, 0.15) is 11.3 Å². The average molecular weight is 407 g/mol. The van der Waals surface area contributed by atoms with Crippen LogP contribution < -0.4 is 10.1 Å². The third-order valence-electron chi connectivity index (χ3n) is 5.42. The van der Waals surface area contributed by atoms with Crippen LogP contribution in [0.4, 0.5) is 5.69 Å². The minimum Gasteiger partial charge on any atom is -0.497 e. The molecule has 3 aromatic rings. The highest BCUT2D eigenvalue weighted by Crippen LogP contribution is 2.29. The molecule has 1 aliphatic heterocycles. The normalized spacial score (nSPS) is 14.7. The molecule has 1 aliphatic rings. The highest BCUT2D eigenvalue weighted by atomic mass is 16.5. The molecule has 7 heteroatoms. The molecule has 0 bridgehead atoms. The zero-order valence-corrected chi connectivity index (χ0v) is 17.2. The SMILES string of the molecule is COc1ccc2oc(C(=O)N3CCN(CC(=O)Nc4ccccc4)CC3)c(C)c2c1. The molecular weight excluding hydrogens is 382 g/mol. The number of methoxy groups -OCH3 is 1. The molecule has 2 amide bonds. The van der Waals surface area contributed by atoms with Crippen LogP contribution in [0, 0.1) is 6.92 Å². The van der Waals surface area contributed by atoms with Gasteiger partial charge in [-0.3, -0.25) is 14.5 Å². The number of nitrogens with zero attached hydrogens (tertiary/aromatic N) is 2. The number of para-hydroxylation sites is 1. The van der Waals surface area contributed by atoms with Crippen molar-refractivity contribution in [2.75, 3.05) is 45.2 Å². The number of carbonyl (C=O) groups is 2. The van der Waals surface area contributed by atoms with Crippen LogP contribution in [0.1, 0.15) is 16.1 Å². The molecule has 1 N–H and O–H groups in total. The van der Waals surface area contributed by atoms with Crippen LogP contribution in [0.2, 0.25) is 0 Å². The summed E-state index contributed by atoms with van der Waals surface area (Å²) in [5, 5.41) is 3.78. The van der Waals surface area contributed by atoms with Crippen molar-refractivity contribution in [1.82, 2.24) is 9.80 Å². The Kier molecular flexibility index (Phi) is 5.72. The highest BCUT2D eigenvalue weighted by molar-refractivity contribution is 5.99. The van der Waals surface area contributed by atoms with E-state index < -0.39 is 0 Å². The first-order chi connectivity index (χ1) is 14.5. The highest BCUT2D eigenvalue weighted by Gasteiger charge is 2.27. The number of aryl methyl sites for hydroxylation is 1. The smallest absolute Gasteiger partial charge is 0.289 e. The fourth-order valence-corrected chi connectivity index (χ4v) is 3.71. The van der Waals surface area contributed by atoms with E-state index >= 15 is 0 Å². The van der Waals surface area contributed by atoms with Gasteiger partial charge < -0.3 is 19.4 Å². The number of ether oxygens (including phenoxy) is 1. The molecule has 0 atom stereocenters. The topological polar surface area (TPSA) is 75.0 Å². The Bertz CT molecular complexity index is 1050. The van der Waals surface area contributed by atoms with Crippen LogP contribution in [0.15, 0.2) is 52.9 Å².